The summed E-state index contributed by atoms with van der Waals surface area (Å²) in [5.74, 6) is 0.0642. The summed E-state index contributed by atoms with van der Waals surface area (Å²) in [5, 5.41) is 9.10. The highest BCUT2D eigenvalue weighted by Gasteiger charge is 2.31. The molecule has 1 aliphatic rings. The smallest absolute Gasteiger partial charge is 0.281 e. The predicted molar refractivity (Wildman–Crippen MR) is 64.8 cm³/mol. The van der Waals surface area contributed by atoms with Crippen LogP contribution in [0.2, 0.25) is 0 Å². The van der Waals surface area contributed by atoms with Crippen LogP contribution in [0.15, 0.2) is 0 Å². The summed E-state index contributed by atoms with van der Waals surface area (Å²) in [4.78, 5) is 0. The van der Waals surface area contributed by atoms with Gasteiger partial charge >= 0.3 is 0 Å². The Balaban J connectivity index is 2.62. The SMILES string of the molecule is COCCN(C)S(=O)(=O)N1CCCC(CO)C1. The average molecular weight is 266 g/mol. The lowest BCUT2D eigenvalue weighted by Gasteiger charge is -2.33. The van der Waals surface area contributed by atoms with Crippen molar-refractivity contribution in [3.63, 3.8) is 0 Å². The van der Waals surface area contributed by atoms with Crippen molar-refractivity contribution in [1.29, 1.82) is 0 Å². The molecule has 1 aliphatic heterocycles. The molecule has 0 aromatic carbocycles. The third-order valence-electron chi connectivity index (χ3n) is 3.07. The highest BCUT2D eigenvalue weighted by Crippen LogP contribution is 2.19. The van der Waals surface area contributed by atoms with Crippen molar-refractivity contribution < 1.29 is 18.3 Å². The normalized spacial score (nSPS) is 23.2. The van der Waals surface area contributed by atoms with Crippen LogP contribution >= 0.6 is 0 Å². The van der Waals surface area contributed by atoms with Crippen LogP contribution in [-0.2, 0) is 14.9 Å². The molecule has 0 spiro atoms. The first-order valence-electron chi connectivity index (χ1n) is 5.83. The van der Waals surface area contributed by atoms with E-state index in [0.717, 1.165) is 12.8 Å². The zero-order chi connectivity index (χ0) is 12.9. The summed E-state index contributed by atoms with van der Waals surface area (Å²) >= 11 is 0. The molecule has 1 N–H and O–H groups in total. The summed E-state index contributed by atoms with van der Waals surface area (Å²) < 4.78 is 32.0. The number of methoxy groups -OCH3 is 1. The minimum Gasteiger partial charge on any atom is -0.396 e. The van der Waals surface area contributed by atoms with E-state index in [1.807, 2.05) is 0 Å². The van der Waals surface area contributed by atoms with Crippen molar-refractivity contribution in [3.05, 3.63) is 0 Å². The van der Waals surface area contributed by atoms with Gasteiger partial charge in [-0.3, -0.25) is 0 Å². The van der Waals surface area contributed by atoms with E-state index in [2.05, 4.69) is 0 Å². The summed E-state index contributed by atoms with van der Waals surface area (Å²) in [6.45, 7) is 1.73. The molecular weight excluding hydrogens is 244 g/mol. The Morgan fingerprint density at radius 1 is 1.53 bits per heavy atom. The number of aliphatic hydroxyl groups is 1. The number of aliphatic hydroxyl groups excluding tert-OH is 1. The van der Waals surface area contributed by atoms with Gasteiger partial charge in [-0.05, 0) is 18.8 Å². The van der Waals surface area contributed by atoms with Crippen molar-refractivity contribution in [2.24, 2.45) is 5.92 Å². The fourth-order valence-electron chi connectivity index (χ4n) is 1.92. The molecule has 0 aromatic heterocycles. The molecule has 102 valence electrons. The maximum Gasteiger partial charge on any atom is 0.281 e. The highest BCUT2D eigenvalue weighted by atomic mass is 32.2. The first-order valence-corrected chi connectivity index (χ1v) is 7.23. The predicted octanol–water partition coefficient (Wildman–Crippen LogP) is -0.486. The number of likely N-dealkylation sites (N-methyl/N-ethyl adjacent to an activating group) is 1. The number of nitrogens with zero attached hydrogens (tertiary/aromatic N) is 2. The van der Waals surface area contributed by atoms with Crippen LogP contribution in [0.25, 0.3) is 0 Å². The van der Waals surface area contributed by atoms with Crippen molar-refractivity contribution in [1.82, 2.24) is 8.61 Å². The molecule has 0 radical (unpaired) electrons. The molecule has 1 heterocycles. The molecule has 1 rings (SSSR count). The molecule has 0 aromatic rings. The van der Waals surface area contributed by atoms with Gasteiger partial charge in [0.2, 0.25) is 0 Å². The molecule has 1 atom stereocenters. The maximum atomic E-state index is 12.2. The number of hydrogen-bond donors (Lipinski definition) is 1. The van der Waals surface area contributed by atoms with Gasteiger partial charge in [0.15, 0.2) is 0 Å². The molecule has 1 fully saturated rings. The molecule has 17 heavy (non-hydrogen) atoms. The van der Waals surface area contributed by atoms with Crippen LogP contribution in [0.3, 0.4) is 0 Å². The second kappa shape index (κ2) is 6.65. The molecule has 0 amide bonds. The van der Waals surface area contributed by atoms with E-state index in [0.29, 0.717) is 26.2 Å². The van der Waals surface area contributed by atoms with Crippen molar-refractivity contribution in [3.8, 4) is 0 Å². The van der Waals surface area contributed by atoms with Crippen LogP contribution in [0.1, 0.15) is 12.8 Å². The first-order chi connectivity index (χ1) is 8.02. The molecule has 6 nitrogen and oxygen atoms in total. The number of piperidine rings is 1. The Morgan fingerprint density at radius 2 is 2.24 bits per heavy atom. The van der Waals surface area contributed by atoms with Gasteiger partial charge < -0.3 is 9.84 Å². The fraction of sp³-hybridized carbons (Fsp3) is 1.00. The van der Waals surface area contributed by atoms with Crippen LogP contribution in [0.5, 0.6) is 0 Å². The Labute approximate surface area is 103 Å². The van der Waals surface area contributed by atoms with E-state index >= 15 is 0 Å². The summed E-state index contributed by atoms with van der Waals surface area (Å²) in [7, 11) is -0.304. The quantitative estimate of drug-likeness (QED) is 0.704. The fourth-order valence-corrected chi connectivity index (χ4v) is 3.38. The second-order valence-electron chi connectivity index (χ2n) is 4.37. The average Bonchev–Trinajstić information content (AvgIpc) is 2.35. The van der Waals surface area contributed by atoms with Gasteiger partial charge in [-0.15, -0.1) is 0 Å². The number of ether oxygens (including phenoxy) is 1. The Morgan fingerprint density at radius 3 is 2.82 bits per heavy atom. The van der Waals surface area contributed by atoms with Crippen molar-refractivity contribution >= 4 is 10.2 Å². The Hall–Kier alpha value is -0.210. The zero-order valence-corrected chi connectivity index (χ0v) is 11.3. The van der Waals surface area contributed by atoms with E-state index in [4.69, 9.17) is 9.84 Å². The van der Waals surface area contributed by atoms with Crippen LogP contribution in [0.4, 0.5) is 0 Å². The van der Waals surface area contributed by atoms with Crippen molar-refractivity contribution in [2.75, 3.05) is 47.0 Å². The lowest BCUT2D eigenvalue weighted by molar-refractivity contribution is 0.156. The van der Waals surface area contributed by atoms with Gasteiger partial charge in [0.05, 0.1) is 6.61 Å². The molecule has 7 heteroatoms. The molecule has 1 unspecified atom stereocenters. The molecule has 0 aliphatic carbocycles. The minimum absolute atomic E-state index is 0.0494. The van der Waals surface area contributed by atoms with Gasteiger partial charge in [-0.25, -0.2) is 0 Å². The first kappa shape index (κ1) is 14.8. The second-order valence-corrected chi connectivity index (χ2v) is 6.41. The van der Waals surface area contributed by atoms with E-state index in [-0.39, 0.29) is 12.5 Å². The standard InChI is InChI=1S/C10H22N2O4S/c1-11(6-7-16-2)17(14,15)12-5-3-4-10(8-12)9-13/h10,13H,3-9H2,1-2H3. The topological polar surface area (TPSA) is 70.1 Å². The van der Waals surface area contributed by atoms with Gasteiger partial charge in [-0.2, -0.15) is 17.0 Å². The lowest BCUT2D eigenvalue weighted by atomic mass is 10.0. The summed E-state index contributed by atoms with van der Waals surface area (Å²) in [5.41, 5.74) is 0. The third-order valence-corrected chi connectivity index (χ3v) is 5.02. The third kappa shape index (κ3) is 3.89. The lowest BCUT2D eigenvalue weighted by Crippen LogP contribution is -2.47. The summed E-state index contributed by atoms with van der Waals surface area (Å²) in [6, 6.07) is 0. The maximum absolute atomic E-state index is 12.2. The Bertz CT molecular complexity index is 320. The zero-order valence-electron chi connectivity index (χ0n) is 10.5. The van der Waals surface area contributed by atoms with Gasteiger partial charge in [-0.1, -0.05) is 0 Å². The Kier molecular flexibility index (Phi) is 5.81. The van der Waals surface area contributed by atoms with E-state index in [1.54, 1.807) is 14.2 Å². The largest absolute Gasteiger partial charge is 0.396 e. The molecule has 0 bridgehead atoms. The number of hydrogen-bond acceptors (Lipinski definition) is 4. The summed E-state index contributed by atoms with van der Waals surface area (Å²) in [6.07, 6.45) is 1.70. The minimum atomic E-state index is -3.40. The highest BCUT2D eigenvalue weighted by molar-refractivity contribution is 7.86. The van der Waals surface area contributed by atoms with Gasteiger partial charge in [0.25, 0.3) is 10.2 Å². The van der Waals surface area contributed by atoms with Crippen molar-refractivity contribution in [2.45, 2.75) is 12.8 Å². The molecular formula is C10H22N2O4S. The van der Waals surface area contributed by atoms with Crippen LogP contribution in [-0.4, -0.2) is 69.1 Å². The van der Waals surface area contributed by atoms with E-state index in [9.17, 15) is 8.42 Å². The van der Waals surface area contributed by atoms with Gasteiger partial charge in [0, 0.05) is 40.4 Å². The molecule has 0 saturated carbocycles. The van der Waals surface area contributed by atoms with E-state index < -0.39 is 10.2 Å². The van der Waals surface area contributed by atoms with Crippen LogP contribution < -0.4 is 0 Å². The van der Waals surface area contributed by atoms with Gasteiger partial charge in [0.1, 0.15) is 0 Å². The van der Waals surface area contributed by atoms with Crippen LogP contribution in [0, 0.1) is 5.92 Å². The monoisotopic (exact) mass is 266 g/mol. The molecule has 1 saturated heterocycles. The number of rotatable bonds is 6. The van der Waals surface area contributed by atoms with E-state index in [1.165, 1.54) is 8.61 Å².